The zero-order valence-electron chi connectivity index (χ0n) is 23.2. The van der Waals surface area contributed by atoms with Crippen LogP contribution in [0.15, 0.2) is 121 Å². The van der Waals surface area contributed by atoms with Crippen molar-refractivity contribution in [2.24, 2.45) is 0 Å². The van der Waals surface area contributed by atoms with Gasteiger partial charge >= 0.3 is 23.9 Å². The quantitative estimate of drug-likeness (QED) is 0.121. The first-order valence-electron chi connectivity index (χ1n) is 13.7. The average Bonchev–Trinajstić information content (AvgIpc) is 3.37. The van der Waals surface area contributed by atoms with Crippen molar-refractivity contribution in [1.29, 1.82) is 0 Å². The molecule has 0 aromatic heterocycles. The lowest BCUT2D eigenvalue weighted by molar-refractivity contribution is -0.0895. The lowest BCUT2D eigenvalue weighted by Gasteiger charge is -2.28. The second-order valence-electron chi connectivity index (χ2n) is 9.70. The monoisotopic (exact) mass is 658 g/mol. The summed E-state index contributed by atoms with van der Waals surface area (Å²) in [5.41, 5.74) is 1.04. The van der Waals surface area contributed by atoms with E-state index in [4.69, 9.17) is 23.7 Å². The Morgan fingerprint density at radius 1 is 0.568 bits per heavy atom. The molecule has 1 unspecified atom stereocenters. The van der Waals surface area contributed by atoms with E-state index in [1.165, 1.54) is 0 Å². The number of rotatable bonds is 10. The molecule has 1 fully saturated rings. The maximum Gasteiger partial charge on any atom is 0.338 e. The third-order valence-corrected chi connectivity index (χ3v) is 7.46. The number of esters is 4. The highest BCUT2D eigenvalue weighted by Crippen LogP contribution is 2.34. The molecular formula is C34H27BrO9. The van der Waals surface area contributed by atoms with Crippen molar-refractivity contribution in [3.8, 4) is 0 Å². The molecule has 0 saturated carbocycles. The molecule has 5 rings (SSSR count). The highest BCUT2D eigenvalue weighted by molar-refractivity contribution is 9.09. The van der Waals surface area contributed by atoms with Gasteiger partial charge < -0.3 is 23.7 Å². The van der Waals surface area contributed by atoms with Gasteiger partial charge in [0.15, 0.2) is 23.3 Å². The third-order valence-electron chi connectivity index (χ3n) is 6.72. The molecule has 0 amide bonds. The van der Waals surface area contributed by atoms with E-state index in [2.05, 4.69) is 15.9 Å². The minimum absolute atomic E-state index is 0.241. The van der Waals surface area contributed by atoms with Gasteiger partial charge in [-0.25, -0.2) is 19.2 Å². The fourth-order valence-corrected chi connectivity index (χ4v) is 5.18. The van der Waals surface area contributed by atoms with Crippen molar-refractivity contribution in [2.45, 2.75) is 29.4 Å². The Kier molecular flexibility index (Phi) is 10.2. The molecule has 4 aromatic carbocycles. The van der Waals surface area contributed by atoms with Gasteiger partial charge in [-0.3, -0.25) is 0 Å². The molecule has 5 atom stereocenters. The smallest absolute Gasteiger partial charge is 0.338 e. The number of carbonyl (C=O) groups excluding carboxylic acids is 4. The van der Waals surface area contributed by atoms with Crippen molar-refractivity contribution in [3.05, 3.63) is 144 Å². The largest absolute Gasteiger partial charge is 0.458 e. The van der Waals surface area contributed by atoms with Gasteiger partial charge in [0.25, 0.3) is 0 Å². The van der Waals surface area contributed by atoms with Crippen molar-refractivity contribution < 1.29 is 42.9 Å². The second kappa shape index (κ2) is 14.6. The summed E-state index contributed by atoms with van der Waals surface area (Å²) in [6.45, 7) is -0.449. The number of carbonyl (C=O) groups is 4. The SMILES string of the molecule is O=C(OC[C@H](OC(=O)c1ccccc1)[C@@H]1OC(Br)[C@H](OC(=O)c2ccccc2)[C@H]1OC(=O)c1ccccc1)c1ccccc1. The second-order valence-corrected chi connectivity index (χ2v) is 10.6. The van der Waals surface area contributed by atoms with E-state index in [1.807, 2.05) is 0 Å². The van der Waals surface area contributed by atoms with Crippen LogP contribution in [0.4, 0.5) is 0 Å². The van der Waals surface area contributed by atoms with Crippen LogP contribution >= 0.6 is 15.9 Å². The predicted molar refractivity (Wildman–Crippen MR) is 161 cm³/mol. The molecule has 44 heavy (non-hydrogen) atoms. The molecular weight excluding hydrogens is 632 g/mol. The summed E-state index contributed by atoms with van der Waals surface area (Å²) < 4.78 is 29.1. The standard InChI is InChI=1S/C34H27BrO9/c35-30-29(44-34(39)25-19-11-4-12-20-25)28(43-33(38)24-17-9-3-10-18-24)27(42-30)26(41-32(37)23-15-7-2-8-16-23)21-40-31(36)22-13-5-1-6-14-22/h1-20,26-30H,21H2/t26-,27-,28-,29+,30?/m0/s1. The first kappa shape index (κ1) is 30.7. The van der Waals surface area contributed by atoms with Crippen LogP contribution in [0.5, 0.6) is 0 Å². The molecule has 1 saturated heterocycles. The van der Waals surface area contributed by atoms with E-state index >= 15 is 0 Å². The number of hydrogen-bond donors (Lipinski definition) is 0. The maximum absolute atomic E-state index is 13.2. The van der Waals surface area contributed by atoms with Gasteiger partial charge in [0.2, 0.25) is 0 Å². The normalized spacial score (nSPS) is 19.8. The van der Waals surface area contributed by atoms with Crippen LogP contribution < -0.4 is 0 Å². The first-order valence-corrected chi connectivity index (χ1v) is 14.6. The molecule has 0 radical (unpaired) electrons. The minimum Gasteiger partial charge on any atom is -0.458 e. The third kappa shape index (κ3) is 7.58. The molecule has 0 aliphatic carbocycles. The highest BCUT2D eigenvalue weighted by Gasteiger charge is 2.53. The Morgan fingerprint density at radius 2 is 0.955 bits per heavy atom. The first-order chi connectivity index (χ1) is 21.4. The molecule has 4 aromatic rings. The van der Waals surface area contributed by atoms with Crippen LogP contribution in [0, 0.1) is 0 Å². The number of alkyl halides is 1. The maximum atomic E-state index is 13.2. The minimum atomic E-state index is -1.27. The van der Waals surface area contributed by atoms with Crippen LogP contribution in [0.3, 0.4) is 0 Å². The topological polar surface area (TPSA) is 114 Å². The van der Waals surface area contributed by atoms with E-state index in [-0.39, 0.29) is 22.3 Å². The molecule has 9 nitrogen and oxygen atoms in total. The van der Waals surface area contributed by atoms with Gasteiger partial charge in [-0.1, -0.05) is 88.7 Å². The fourth-order valence-electron chi connectivity index (χ4n) is 4.52. The average molecular weight is 659 g/mol. The van der Waals surface area contributed by atoms with E-state index < -0.39 is 59.9 Å². The van der Waals surface area contributed by atoms with Crippen molar-refractivity contribution in [2.75, 3.05) is 6.61 Å². The Labute approximate surface area is 261 Å². The molecule has 1 aliphatic heterocycles. The zero-order valence-corrected chi connectivity index (χ0v) is 24.8. The number of halogens is 1. The summed E-state index contributed by atoms with van der Waals surface area (Å²) in [5.74, 6) is -2.79. The summed E-state index contributed by atoms with van der Waals surface area (Å²) in [6.07, 6.45) is -4.92. The Bertz CT molecular complexity index is 1570. The predicted octanol–water partition coefficient (Wildman–Crippen LogP) is 5.64. The fraction of sp³-hybridized carbons (Fsp3) is 0.176. The Morgan fingerprint density at radius 3 is 1.41 bits per heavy atom. The summed E-state index contributed by atoms with van der Waals surface area (Å²) in [7, 11) is 0. The number of benzene rings is 4. The van der Waals surface area contributed by atoms with Gasteiger partial charge in [-0.2, -0.15) is 0 Å². The van der Waals surface area contributed by atoms with E-state index in [0.717, 1.165) is 0 Å². The van der Waals surface area contributed by atoms with Crippen LogP contribution in [-0.4, -0.2) is 59.9 Å². The Hall–Kier alpha value is -4.80. The lowest BCUT2D eigenvalue weighted by atomic mass is 10.1. The molecule has 0 spiro atoms. The van der Waals surface area contributed by atoms with Crippen molar-refractivity contribution in [1.82, 2.24) is 0 Å². The van der Waals surface area contributed by atoms with Crippen LogP contribution in [0.25, 0.3) is 0 Å². The van der Waals surface area contributed by atoms with Crippen LogP contribution in [-0.2, 0) is 23.7 Å². The summed E-state index contributed by atoms with van der Waals surface area (Å²) in [4.78, 5) is 52.3. The van der Waals surface area contributed by atoms with E-state index in [1.54, 1.807) is 121 Å². The molecule has 1 aliphatic rings. The van der Waals surface area contributed by atoms with Crippen molar-refractivity contribution in [3.63, 3.8) is 0 Å². The molecule has 10 heteroatoms. The summed E-state index contributed by atoms with van der Waals surface area (Å²) >= 11 is 3.39. The van der Waals surface area contributed by atoms with Crippen molar-refractivity contribution >= 4 is 39.8 Å². The van der Waals surface area contributed by atoms with Gasteiger partial charge in [0, 0.05) is 0 Å². The number of hydrogen-bond acceptors (Lipinski definition) is 9. The van der Waals surface area contributed by atoms with Gasteiger partial charge in [-0.15, -0.1) is 0 Å². The van der Waals surface area contributed by atoms with E-state index in [9.17, 15) is 19.2 Å². The van der Waals surface area contributed by atoms with Crippen LogP contribution in [0.2, 0.25) is 0 Å². The highest BCUT2D eigenvalue weighted by atomic mass is 79.9. The summed E-state index contributed by atoms with van der Waals surface area (Å²) in [6, 6.07) is 33.0. The molecule has 1 heterocycles. The van der Waals surface area contributed by atoms with Gasteiger partial charge in [0.05, 0.1) is 22.3 Å². The molecule has 0 bridgehead atoms. The summed E-state index contributed by atoms with van der Waals surface area (Å²) in [5, 5.41) is -0.975. The molecule has 0 N–H and O–H groups in total. The van der Waals surface area contributed by atoms with Gasteiger partial charge in [0.1, 0.15) is 12.7 Å². The Balaban J connectivity index is 1.45. The lowest BCUT2D eigenvalue weighted by Crippen LogP contribution is -2.47. The zero-order chi connectivity index (χ0) is 30.9. The van der Waals surface area contributed by atoms with E-state index in [0.29, 0.717) is 0 Å². The van der Waals surface area contributed by atoms with Gasteiger partial charge in [-0.05, 0) is 48.5 Å². The van der Waals surface area contributed by atoms with Crippen LogP contribution in [0.1, 0.15) is 41.4 Å². The molecule has 224 valence electrons. The number of ether oxygens (including phenoxy) is 5.